The Balaban J connectivity index is 2.16. The Morgan fingerprint density at radius 3 is 2.55 bits per heavy atom. The molecule has 0 saturated heterocycles. The first-order valence-electron chi connectivity index (χ1n) is 6.21. The highest BCUT2D eigenvalue weighted by atomic mass is 79.9. The van der Waals surface area contributed by atoms with Crippen molar-refractivity contribution in [3.05, 3.63) is 70.3 Å². The van der Waals surface area contributed by atoms with Gasteiger partial charge in [-0.25, -0.2) is 4.79 Å². The Morgan fingerprint density at radius 1 is 1.10 bits per heavy atom. The minimum absolute atomic E-state index is 0.307. The van der Waals surface area contributed by atoms with Crippen LogP contribution in [0.25, 0.3) is 10.9 Å². The summed E-state index contributed by atoms with van der Waals surface area (Å²) in [5.74, 6) is -0.909. The maximum atomic E-state index is 11.4. The lowest BCUT2D eigenvalue weighted by molar-refractivity contribution is 0.0686. The molecule has 0 unspecified atom stereocenters. The molecule has 0 spiro atoms. The number of benzene rings is 2. The topological polar surface area (TPSA) is 42.2 Å². The zero-order chi connectivity index (χ0) is 14.1. The second-order valence-electron chi connectivity index (χ2n) is 4.61. The summed E-state index contributed by atoms with van der Waals surface area (Å²) in [4.78, 5) is 11.4. The van der Waals surface area contributed by atoms with Crippen LogP contribution in [-0.4, -0.2) is 15.6 Å². The van der Waals surface area contributed by atoms with Crippen LogP contribution in [0, 0.1) is 0 Å². The average Bonchev–Trinajstić information content (AvgIpc) is 2.78. The van der Waals surface area contributed by atoms with Crippen LogP contribution in [0.4, 0.5) is 0 Å². The van der Waals surface area contributed by atoms with Gasteiger partial charge < -0.3 is 9.67 Å². The molecule has 3 nitrogen and oxygen atoms in total. The van der Waals surface area contributed by atoms with Crippen LogP contribution in [0.1, 0.15) is 16.1 Å². The van der Waals surface area contributed by atoms with E-state index in [4.69, 9.17) is 0 Å². The molecule has 0 atom stereocenters. The van der Waals surface area contributed by atoms with Gasteiger partial charge in [0.25, 0.3) is 0 Å². The molecule has 0 radical (unpaired) electrons. The Bertz CT molecular complexity index is 778. The molecule has 3 aromatic rings. The zero-order valence-electron chi connectivity index (χ0n) is 10.6. The molecule has 0 saturated carbocycles. The van der Waals surface area contributed by atoms with Crippen molar-refractivity contribution in [2.24, 2.45) is 0 Å². The lowest BCUT2D eigenvalue weighted by atomic mass is 10.2. The number of aromatic nitrogens is 1. The van der Waals surface area contributed by atoms with Crippen LogP contribution < -0.4 is 0 Å². The predicted octanol–water partition coefficient (Wildman–Crippen LogP) is 4.15. The van der Waals surface area contributed by atoms with Gasteiger partial charge in [-0.15, -0.1) is 0 Å². The smallest absolute Gasteiger partial charge is 0.352 e. The summed E-state index contributed by atoms with van der Waals surface area (Å²) in [6, 6.07) is 17.4. The van der Waals surface area contributed by atoms with Crippen LogP contribution in [-0.2, 0) is 6.54 Å². The Kier molecular flexibility index (Phi) is 3.32. The van der Waals surface area contributed by atoms with Gasteiger partial charge in [-0.1, -0.05) is 46.3 Å². The summed E-state index contributed by atoms with van der Waals surface area (Å²) in [5.41, 5.74) is 2.31. The normalized spacial score (nSPS) is 10.8. The first kappa shape index (κ1) is 12.9. The largest absolute Gasteiger partial charge is 0.477 e. The van der Waals surface area contributed by atoms with Crippen LogP contribution in [0.2, 0.25) is 0 Å². The third-order valence-electron chi connectivity index (χ3n) is 3.27. The quantitative estimate of drug-likeness (QED) is 0.784. The fourth-order valence-corrected chi connectivity index (χ4v) is 2.73. The molecule has 4 heteroatoms. The van der Waals surface area contributed by atoms with Crippen molar-refractivity contribution in [2.45, 2.75) is 6.54 Å². The van der Waals surface area contributed by atoms with Gasteiger partial charge in [-0.05, 0) is 29.8 Å². The molecule has 100 valence electrons. The number of aromatic carboxylic acids is 1. The van der Waals surface area contributed by atoms with Gasteiger partial charge in [0.15, 0.2) is 0 Å². The fraction of sp³-hybridized carbons (Fsp3) is 0.0625. The van der Waals surface area contributed by atoms with E-state index < -0.39 is 5.97 Å². The summed E-state index contributed by atoms with van der Waals surface area (Å²) in [6.07, 6.45) is 0. The molecule has 2 aromatic carbocycles. The highest BCUT2D eigenvalue weighted by Gasteiger charge is 2.14. The van der Waals surface area contributed by atoms with E-state index in [2.05, 4.69) is 15.9 Å². The molecular formula is C16H12BrNO2. The molecule has 0 bridgehead atoms. The molecule has 0 amide bonds. The first-order chi connectivity index (χ1) is 9.65. The van der Waals surface area contributed by atoms with E-state index in [1.54, 1.807) is 6.07 Å². The summed E-state index contributed by atoms with van der Waals surface area (Å²) in [6.45, 7) is 0.549. The van der Waals surface area contributed by atoms with Crippen molar-refractivity contribution in [3.8, 4) is 0 Å². The Morgan fingerprint density at radius 2 is 1.85 bits per heavy atom. The van der Waals surface area contributed by atoms with E-state index in [9.17, 15) is 9.90 Å². The highest BCUT2D eigenvalue weighted by molar-refractivity contribution is 9.10. The van der Waals surface area contributed by atoms with E-state index in [0.29, 0.717) is 12.2 Å². The number of rotatable bonds is 3. The van der Waals surface area contributed by atoms with Crippen LogP contribution in [0.3, 0.4) is 0 Å². The Labute approximate surface area is 124 Å². The summed E-state index contributed by atoms with van der Waals surface area (Å²) >= 11 is 3.41. The van der Waals surface area contributed by atoms with Gasteiger partial charge in [-0.3, -0.25) is 0 Å². The standard InChI is InChI=1S/C16H12BrNO2/c17-13-6-7-14-12(8-13)9-15(16(19)20)18(14)10-11-4-2-1-3-5-11/h1-9H,10H2,(H,19,20). The number of fused-ring (bicyclic) bond motifs is 1. The lowest BCUT2D eigenvalue weighted by Gasteiger charge is -2.08. The van der Waals surface area contributed by atoms with E-state index in [-0.39, 0.29) is 0 Å². The van der Waals surface area contributed by atoms with Gasteiger partial charge >= 0.3 is 5.97 Å². The summed E-state index contributed by atoms with van der Waals surface area (Å²) < 4.78 is 2.78. The summed E-state index contributed by atoms with van der Waals surface area (Å²) in [7, 11) is 0. The summed E-state index contributed by atoms with van der Waals surface area (Å²) in [5, 5.41) is 10.3. The molecule has 1 heterocycles. The lowest BCUT2D eigenvalue weighted by Crippen LogP contribution is -2.09. The molecule has 1 aromatic heterocycles. The predicted molar refractivity (Wildman–Crippen MR) is 82.1 cm³/mol. The first-order valence-corrected chi connectivity index (χ1v) is 7.00. The van der Waals surface area contributed by atoms with Crippen molar-refractivity contribution in [1.82, 2.24) is 4.57 Å². The van der Waals surface area contributed by atoms with Crippen LogP contribution in [0.5, 0.6) is 0 Å². The number of carbonyl (C=O) groups is 1. The zero-order valence-corrected chi connectivity index (χ0v) is 12.2. The molecule has 20 heavy (non-hydrogen) atoms. The third kappa shape index (κ3) is 2.34. The highest BCUT2D eigenvalue weighted by Crippen LogP contribution is 2.25. The maximum Gasteiger partial charge on any atom is 0.352 e. The van der Waals surface area contributed by atoms with Crippen molar-refractivity contribution in [2.75, 3.05) is 0 Å². The molecule has 0 aliphatic heterocycles. The minimum Gasteiger partial charge on any atom is -0.477 e. The number of nitrogens with zero attached hydrogens (tertiary/aromatic N) is 1. The number of hydrogen-bond acceptors (Lipinski definition) is 1. The van der Waals surface area contributed by atoms with Gasteiger partial charge in [0.2, 0.25) is 0 Å². The molecular weight excluding hydrogens is 318 g/mol. The average molecular weight is 330 g/mol. The maximum absolute atomic E-state index is 11.4. The van der Waals surface area contributed by atoms with E-state index in [0.717, 1.165) is 20.9 Å². The molecule has 1 N–H and O–H groups in total. The minimum atomic E-state index is -0.909. The van der Waals surface area contributed by atoms with Crippen molar-refractivity contribution < 1.29 is 9.90 Å². The number of halogens is 1. The Hall–Kier alpha value is -2.07. The number of carboxylic acid groups (broad SMARTS) is 1. The van der Waals surface area contributed by atoms with E-state index >= 15 is 0 Å². The number of hydrogen-bond donors (Lipinski definition) is 1. The SMILES string of the molecule is O=C(O)c1cc2cc(Br)ccc2n1Cc1ccccc1. The third-order valence-corrected chi connectivity index (χ3v) is 3.76. The molecule has 0 fully saturated rings. The number of carboxylic acids is 1. The fourth-order valence-electron chi connectivity index (χ4n) is 2.36. The van der Waals surface area contributed by atoms with Gasteiger partial charge in [0, 0.05) is 21.9 Å². The van der Waals surface area contributed by atoms with Crippen molar-refractivity contribution in [1.29, 1.82) is 0 Å². The molecule has 0 aliphatic rings. The van der Waals surface area contributed by atoms with Crippen molar-refractivity contribution >= 4 is 32.8 Å². The molecule has 0 aliphatic carbocycles. The molecule has 3 rings (SSSR count). The van der Waals surface area contributed by atoms with E-state index in [1.807, 2.05) is 53.1 Å². The van der Waals surface area contributed by atoms with E-state index in [1.165, 1.54) is 0 Å². The van der Waals surface area contributed by atoms with Crippen LogP contribution in [0.15, 0.2) is 59.1 Å². The van der Waals surface area contributed by atoms with Gasteiger partial charge in [0.05, 0.1) is 0 Å². The van der Waals surface area contributed by atoms with Crippen molar-refractivity contribution in [3.63, 3.8) is 0 Å². The van der Waals surface area contributed by atoms with Gasteiger partial charge in [0.1, 0.15) is 5.69 Å². The second-order valence-corrected chi connectivity index (χ2v) is 5.53. The van der Waals surface area contributed by atoms with Crippen LogP contribution >= 0.6 is 15.9 Å². The van der Waals surface area contributed by atoms with Gasteiger partial charge in [-0.2, -0.15) is 0 Å². The second kappa shape index (κ2) is 5.13. The monoisotopic (exact) mass is 329 g/mol.